The van der Waals surface area contributed by atoms with E-state index in [2.05, 4.69) is 0 Å². The Morgan fingerprint density at radius 3 is 2.58 bits per heavy atom. The van der Waals surface area contributed by atoms with E-state index in [-0.39, 0.29) is 23.2 Å². The van der Waals surface area contributed by atoms with Crippen molar-refractivity contribution < 1.29 is 13.9 Å². The van der Waals surface area contributed by atoms with Crippen molar-refractivity contribution in [1.29, 1.82) is 10.5 Å². The van der Waals surface area contributed by atoms with Gasteiger partial charge in [0.1, 0.15) is 17.6 Å². The number of esters is 1. The molecule has 1 aliphatic carbocycles. The molecule has 0 radical (unpaired) electrons. The van der Waals surface area contributed by atoms with Crippen LogP contribution >= 0.6 is 0 Å². The molecule has 0 atom stereocenters. The smallest absolute Gasteiger partial charge is 0.314 e. The number of nitriles is 2. The SMILES string of the molecule is N#CC=CC=C[C@H]1CC[C@H](C(=O)Oc2ccc(C#N)c(F)c2)CC1. The molecular formula is C19H17FN2O2. The van der Waals surface area contributed by atoms with Crippen LogP contribution in [0.25, 0.3) is 0 Å². The van der Waals surface area contributed by atoms with E-state index in [9.17, 15) is 9.18 Å². The van der Waals surface area contributed by atoms with Gasteiger partial charge in [-0.15, -0.1) is 0 Å². The maximum Gasteiger partial charge on any atom is 0.314 e. The first kappa shape index (κ1) is 17.4. The second-order valence-corrected chi connectivity index (χ2v) is 5.66. The fourth-order valence-corrected chi connectivity index (χ4v) is 2.72. The number of carbonyl (C=O) groups is 1. The summed E-state index contributed by atoms with van der Waals surface area (Å²) in [6.45, 7) is 0. The third kappa shape index (κ3) is 4.79. The summed E-state index contributed by atoms with van der Waals surface area (Å²) in [6, 6.07) is 7.44. The Bertz CT molecular complexity index is 733. The molecule has 1 aromatic carbocycles. The van der Waals surface area contributed by atoms with Crippen LogP contribution in [0.15, 0.2) is 42.5 Å². The molecule has 0 aromatic heterocycles. The van der Waals surface area contributed by atoms with E-state index in [0.717, 1.165) is 18.9 Å². The molecule has 0 amide bonds. The number of hydrogen-bond donors (Lipinski definition) is 0. The van der Waals surface area contributed by atoms with Gasteiger partial charge in [-0.05, 0) is 43.7 Å². The lowest BCUT2D eigenvalue weighted by atomic mass is 9.82. The minimum absolute atomic E-state index is 0.0764. The van der Waals surface area contributed by atoms with Gasteiger partial charge in [0.05, 0.1) is 17.6 Å². The van der Waals surface area contributed by atoms with Crippen molar-refractivity contribution in [3.8, 4) is 17.9 Å². The molecule has 24 heavy (non-hydrogen) atoms. The van der Waals surface area contributed by atoms with Gasteiger partial charge in [0.2, 0.25) is 0 Å². The Hall–Kier alpha value is -2.92. The van der Waals surface area contributed by atoms with Crippen molar-refractivity contribution in [3.63, 3.8) is 0 Å². The fraction of sp³-hybridized carbons (Fsp3) is 0.316. The Labute approximate surface area is 140 Å². The number of rotatable bonds is 4. The topological polar surface area (TPSA) is 73.9 Å². The third-order valence-electron chi connectivity index (χ3n) is 4.05. The molecule has 1 fully saturated rings. The van der Waals surface area contributed by atoms with Gasteiger partial charge in [0.25, 0.3) is 0 Å². The van der Waals surface area contributed by atoms with Crippen molar-refractivity contribution >= 4 is 5.97 Å². The number of ether oxygens (including phenoxy) is 1. The quantitative estimate of drug-likeness (QED) is 0.362. The first-order chi connectivity index (χ1) is 11.6. The van der Waals surface area contributed by atoms with Crippen LogP contribution in [-0.4, -0.2) is 5.97 Å². The molecule has 1 aliphatic rings. The molecule has 0 unspecified atom stereocenters. The Kier molecular flexibility index (Phi) is 6.28. The van der Waals surface area contributed by atoms with Gasteiger partial charge in [-0.25, -0.2) is 4.39 Å². The first-order valence-corrected chi connectivity index (χ1v) is 7.78. The van der Waals surface area contributed by atoms with Gasteiger partial charge in [-0.3, -0.25) is 4.79 Å². The highest BCUT2D eigenvalue weighted by molar-refractivity contribution is 5.75. The van der Waals surface area contributed by atoms with Gasteiger partial charge in [-0.2, -0.15) is 10.5 Å². The lowest BCUT2D eigenvalue weighted by Crippen LogP contribution is -2.25. The average molecular weight is 324 g/mol. The summed E-state index contributed by atoms with van der Waals surface area (Å²) in [6.07, 6.45) is 10.2. The highest BCUT2D eigenvalue weighted by Crippen LogP contribution is 2.31. The molecule has 0 heterocycles. The lowest BCUT2D eigenvalue weighted by Gasteiger charge is -2.25. The van der Waals surface area contributed by atoms with Gasteiger partial charge in [-0.1, -0.05) is 18.2 Å². The molecule has 1 aromatic rings. The molecule has 0 spiro atoms. The molecule has 122 valence electrons. The van der Waals surface area contributed by atoms with Crippen molar-refractivity contribution in [2.45, 2.75) is 25.7 Å². The minimum Gasteiger partial charge on any atom is -0.426 e. The van der Waals surface area contributed by atoms with Crippen LogP contribution in [0.1, 0.15) is 31.2 Å². The monoisotopic (exact) mass is 324 g/mol. The summed E-state index contributed by atoms with van der Waals surface area (Å²) >= 11 is 0. The van der Waals surface area contributed by atoms with E-state index < -0.39 is 5.82 Å². The molecule has 5 heteroatoms. The van der Waals surface area contributed by atoms with Crippen LogP contribution in [-0.2, 0) is 4.79 Å². The van der Waals surface area contributed by atoms with E-state index in [1.807, 2.05) is 18.2 Å². The minimum atomic E-state index is -0.693. The molecule has 0 N–H and O–H groups in total. The van der Waals surface area contributed by atoms with Crippen LogP contribution in [0, 0.1) is 40.3 Å². The van der Waals surface area contributed by atoms with Gasteiger partial charge in [0.15, 0.2) is 0 Å². The maximum absolute atomic E-state index is 13.5. The standard InChI is InChI=1S/C19H17FN2O2/c20-18-12-17(10-9-16(18)13-22)24-19(23)15-7-5-14(6-8-15)4-2-1-3-11-21/h1-4,9-10,12,14-15H,5-8H2/t14-,15-. The zero-order valence-corrected chi connectivity index (χ0v) is 13.1. The Morgan fingerprint density at radius 2 is 1.96 bits per heavy atom. The van der Waals surface area contributed by atoms with Crippen molar-refractivity contribution in [3.05, 3.63) is 53.9 Å². The average Bonchev–Trinajstić information content (AvgIpc) is 2.59. The number of nitrogens with zero attached hydrogens (tertiary/aromatic N) is 2. The predicted octanol–water partition coefficient (Wildman–Crippen LogP) is 4.05. The van der Waals surface area contributed by atoms with Crippen LogP contribution < -0.4 is 4.74 Å². The zero-order valence-electron chi connectivity index (χ0n) is 13.1. The largest absolute Gasteiger partial charge is 0.426 e. The van der Waals surface area contributed by atoms with Crippen LogP contribution in [0.4, 0.5) is 4.39 Å². The molecule has 2 rings (SSSR count). The molecule has 0 bridgehead atoms. The summed E-state index contributed by atoms with van der Waals surface area (Å²) in [5, 5.41) is 17.1. The molecule has 4 nitrogen and oxygen atoms in total. The van der Waals surface area contributed by atoms with Gasteiger partial charge < -0.3 is 4.74 Å². The van der Waals surface area contributed by atoms with Crippen LogP contribution in [0.3, 0.4) is 0 Å². The number of allylic oxidation sites excluding steroid dienone is 4. The highest BCUT2D eigenvalue weighted by atomic mass is 19.1. The molecular weight excluding hydrogens is 307 g/mol. The van der Waals surface area contributed by atoms with Crippen molar-refractivity contribution in [1.82, 2.24) is 0 Å². The maximum atomic E-state index is 13.5. The first-order valence-electron chi connectivity index (χ1n) is 7.78. The Balaban J connectivity index is 1.86. The summed E-state index contributed by atoms with van der Waals surface area (Å²) in [4.78, 5) is 12.2. The van der Waals surface area contributed by atoms with Crippen molar-refractivity contribution in [2.24, 2.45) is 11.8 Å². The van der Waals surface area contributed by atoms with Crippen LogP contribution in [0.2, 0.25) is 0 Å². The van der Waals surface area contributed by atoms with Gasteiger partial charge >= 0.3 is 5.97 Å². The number of carbonyl (C=O) groups excluding carboxylic acids is 1. The normalized spacial score (nSPS) is 20.6. The second kappa shape index (κ2) is 8.64. The molecule has 0 saturated heterocycles. The summed E-state index contributed by atoms with van der Waals surface area (Å²) in [7, 11) is 0. The second-order valence-electron chi connectivity index (χ2n) is 5.66. The molecule has 1 saturated carbocycles. The summed E-state index contributed by atoms with van der Waals surface area (Å²) < 4.78 is 18.7. The number of benzene rings is 1. The van der Waals surface area contributed by atoms with Gasteiger partial charge in [0, 0.05) is 12.1 Å². The summed E-state index contributed by atoms with van der Waals surface area (Å²) in [5.74, 6) is -0.721. The van der Waals surface area contributed by atoms with E-state index in [4.69, 9.17) is 15.3 Å². The van der Waals surface area contributed by atoms with Crippen LogP contribution in [0.5, 0.6) is 5.75 Å². The predicted molar refractivity (Wildman–Crippen MR) is 86.1 cm³/mol. The fourth-order valence-electron chi connectivity index (χ4n) is 2.72. The summed E-state index contributed by atoms with van der Waals surface area (Å²) in [5.41, 5.74) is -0.0764. The van der Waals surface area contributed by atoms with E-state index >= 15 is 0 Å². The number of hydrogen-bond acceptors (Lipinski definition) is 4. The Morgan fingerprint density at radius 1 is 1.21 bits per heavy atom. The van der Waals surface area contributed by atoms with Crippen molar-refractivity contribution in [2.75, 3.05) is 0 Å². The number of halogens is 1. The highest BCUT2D eigenvalue weighted by Gasteiger charge is 2.26. The molecule has 0 aliphatic heterocycles. The third-order valence-corrected chi connectivity index (χ3v) is 4.05. The van der Waals surface area contributed by atoms with E-state index in [1.54, 1.807) is 12.1 Å². The zero-order chi connectivity index (χ0) is 17.4. The lowest BCUT2D eigenvalue weighted by molar-refractivity contribution is -0.140. The van der Waals surface area contributed by atoms with E-state index in [0.29, 0.717) is 18.8 Å². The van der Waals surface area contributed by atoms with E-state index in [1.165, 1.54) is 18.2 Å².